The van der Waals surface area contributed by atoms with Crippen molar-refractivity contribution < 1.29 is 5.11 Å². The number of hydrogen-bond donors (Lipinski definition) is 4. The quantitative estimate of drug-likeness (QED) is 0.637. The van der Waals surface area contributed by atoms with Crippen molar-refractivity contribution in [1.29, 1.82) is 0 Å². The predicted molar refractivity (Wildman–Crippen MR) is 77.0 cm³/mol. The Morgan fingerprint density at radius 1 is 1.32 bits per heavy atom. The van der Waals surface area contributed by atoms with E-state index in [1.807, 2.05) is 12.1 Å². The van der Waals surface area contributed by atoms with Crippen LogP contribution in [-0.4, -0.2) is 27.4 Å². The van der Waals surface area contributed by atoms with E-state index in [0.717, 1.165) is 42.3 Å². The Morgan fingerprint density at radius 2 is 2.11 bits per heavy atom. The second-order valence-corrected chi connectivity index (χ2v) is 5.52. The van der Waals surface area contributed by atoms with Crippen LogP contribution in [0.25, 0.3) is 10.9 Å². The molecule has 1 aromatic heterocycles. The molecular weight excluding hydrogens is 240 g/mol. The summed E-state index contributed by atoms with van der Waals surface area (Å²) >= 11 is 0. The zero-order chi connectivity index (χ0) is 13.3. The van der Waals surface area contributed by atoms with Crippen molar-refractivity contribution in [2.75, 3.05) is 17.7 Å². The molecular formula is C14H20N4O. The number of nitrogens with two attached hydrogens (primary N) is 1. The molecule has 0 saturated heterocycles. The van der Waals surface area contributed by atoms with Gasteiger partial charge >= 0.3 is 0 Å². The van der Waals surface area contributed by atoms with Gasteiger partial charge in [0.05, 0.1) is 35.2 Å². The van der Waals surface area contributed by atoms with E-state index < -0.39 is 0 Å². The first kappa shape index (κ1) is 12.3. The van der Waals surface area contributed by atoms with Gasteiger partial charge in [0.15, 0.2) is 0 Å². The average molecular weight is 260 g/mol. The Labute approximate surface area is 112 Å². The molecule has 3 rings (SSSR count). The molecule has 5 heteroatoms. The number of aromatic amines is 1. The molecule has 5 N–H and O–H groups in total. The van der Waals surface area contributed by atoms with Gasteiger partial charge in [-0.15, -0.1) is 0 Å². The number of aliphatic hydroxyl groups excluding tert-OH is 1. The number of benzene rings is 1. The number of anilines is 2. The third kappa shape index (κ3) is 2.26. The first-order valence-corrected chi connectivity index (χ1v) is 6.84. The van der Waals surface area contributed by atoms with Crippen LogP contribution < -0.4 is 11.1 Å². The lowest BCUT2D eigenvalue weighted by Crippen LogP contribution is -2.44. The zero-order valence-electron chi connectivity index (χ0n) is 10.9. The minimum absolute atomic E-state index is 0.146. The number of fused-ring (bicyclic) bond motifs is 1. The van der Waals surface area contributed by atoms with Crippen molar-refractivity contribution in [2.45, 2.75) is 37.6 Å². The fourth-order valence-electron chi connectivity index (χ4n) is 2.95. The summed E-state index contributed by atoms with van der Waals surface area (Å²) in [5, 5.41) is 21.2. The fraction of sp³-hybridized carbons (Fsp3) is 0.500. The number of aromatic nitrogens is 2. The molecule has 1 aliphatic rings. The summed E-state index contributed by atoms with van der Waals surface area (Å²) in [5.74, 6) is 0. The van der Waals surface area contributed by atoms with Gasteiger partial charge in [0.2, 0.25) is 0 Å². The maximum Gasteiger partial charge on any atom is 0.0672 e. The topological polar surface area (TPSA) is 87.0 Å². The van der Waals surface area contributed by atoms with Crippen molar-refractivity contribution in [3.05, 3.63) is 18.3 Å². The molecule has 0 bridgehead atoms. The number of aliphatic hydroxyl groups is 1. The molecule has 2 aromatic rings. The molecule has 1 heterocycles. The molecule has 0 radical (unpaired) electrons. The standard InChI is InChI=1S/C14H20N4O/c15-11-6-10-8-16-18-12(10)7-13(11)17-14(9-19)4-2-1-3-5-14/h6-8,17,19H,1-5,9,15H2,(H,16,18). The molecule has 0 amide bonds. The summed E-state index contributed by atoms with van der Waals surface area (Å²) in [4.78, 5) is 0. The lowest BCUT2D eigenvalue weighted by atomic mass is 9.82. The van der Waals surface area contributed by atoms with E-state index in [0.29, 0.717) is 5.69 Å². The van der Waals surface area contributed by atoms with Crippen LogP contribution in [0.15, 0.2) is 18.3 Å². The molecule has 1 saturated carbocycles. The molecule has 19 heavy (non-hydrogen) atoms. The lowest BCUT2D eigenvalue weighted by Gasteiger charge is -2.37. The third-order valence-electron chi connectivity index (χ3n) is 4.12. The first-order valence-electron chi connectivity index (χ1n) is 6.84. The van der Waals surface area contributed by atoms with Crippen LogP contribution in [-0.2, 0) is 0 Å². The maximum atomic E-state index is 9.74. The summed E-state index contributed by atoms with van der Waals surface area (Å²) in [7, 11) is 0. The minimum Gasteiger partial charge on any atom is -0.397 e. The summed E-state index contributed by atoms with van der Waals surface area (Å²) < 4.78 is 0. The van der Waals surface area contributed by atoms with Gasteiger partial charge < -0.3 is 16.2 Å². The second-order valence-electron chi connectivity index (χ2n) is 5.52. The van der Waals surface area contributed by atoms with Gasteiger partial charge in [0.25, 0.3) is 0 Å². The highest BCUT2D eigenvalue weighted by molar-refractivity contribution is 5.88. The van der Waals surface area contributed by atoms with Crippen LogP contribution in [0.1, 0.15) is 32.1 Å². The molecule has 102 valence electrons. The highest BCUT2D eigenvalue weighted by atomic mass is 16.3. The Kier molecular flexibility index (Phi) is 3.06. The van der Waals surface area contributed by atoms with E-state index >= 15 is 0 Å². The van der Waals surface area contributed by atoms with E-state index in [-0.39, 0.29) is 12.1 Å². The van der Waals surface area contributed by atoms with E-state index in [1.165, 1.54) is 6.42 Å². The Bertz CT molecular complexity index is 572. The van der Waals surface area contributed by atoms with Crippen molar-refractivity contribution in [3.63, 3.8) is 0 Å². The van der Waals surface area contributed by atoms with Crippen molar-refractivity contribution in [1.82, 2.24) is 10.2 Å². The van der Waals surface area contributed by atoms with E-state index in [2.05, 4.69) is 15.5 Å². The number of nitrogens with one attached hydrogen (secondary N) is 2. The van der Waals surface area contributed by atoms with Gasteiger partial charge in [-0.1, -0.05) is 19.3 Å². The van der Waals surface area contributed by atoms with Crippen LogP contribution >= 0.6 is 0 Å². The predicted octanol–water partition coefficient (Wildman–Crippen LogP) is 2.25. The second kappa shape index (κ2) is 4.74. The summed E-state index contributed by atoms with van der Waals surface area (Å²) in [6.45, 7) is 0.146. The van der Waals surface area contributed by atoms with E-state index in [4.69, 9.17) is 5.73 Å². The normalized spacial score (nSPS) is 18.6. The smallest absolute Gasteiger partial charge is 0.0672 e. The maximum absolute atomic E-state index is 9.74. The molecule has 1 aliphatic carbocycles. The monoisotopic (exact) mass is 260 g/mol. The Morgan fingerprint density at radius 3 is 2.84 bits per heavy atom. The van der Waals surface area contributed by atoms with Crippen LogP contribution in [0.5, 0.6) is 0 Å². The van der Waals surface area contributed by atoms with Gasteiger partial charge in [-0.25, -0.2) is 0 Å². The third-order valence-corrected chi connectivity index (χ3v) is 4.12. The fourth-order valence-corrected chi connectivity index (χ4v) is 2.95. The SMILES string of the molecule is Nc1cc2cn[nH]c2cc1NC1(CO)CCCCC1. The number of nitrogen functional groups attached to an aromatic ring is 1. The molecule has 0 atom stereocenters. The van der Waals surface area contributed by atoms with Crippen LogP contribution in [0, 0.1) is 0 Å². The summed E-state index contributed by atoms with van der Waals surface area (Å²) in [6, 6.07) is 3.89. The zero-order valence-corrected chi connectivity index (χ0v) is 10.9. The lowest BCUT2D eigenvalue weighted by molar-refractivity contribution is 0.173. The van der Waals surface area contributed by atoms with E-state index in [1.54, 1.807) is 6.20 Å². The Hall–Kier alpha value is -1.75. The Balaban J connectivity index is 1.92. The number of rotatable bonds is 3. The van der Waals surface area contributed by atoms with Crippen molar-refractivity contribution in [2.24, 2.45) is 0 Å². The van der Waals surface area contributed by atoms with Crippen LogP contribution in [0.2, 0.25) is 0 Å². The van der Waals surface area contributed by atoms with Crippen LogP contribution in [0.4, 0.5) is 11.4 Å². The molecule has 0 unspecified atom stereocenters. The number of nitrogens with zero attached hydrogens (tertiary/aromatic N) is 1. The number of hydrogen-bond acceptors (Lipinski definition) is 4. The van der Waals surface area contributed by atoms with Gasteiger partial charge in [0, 0.05) is 5.39 Å². The summed E-state index contributed by atoms with van der Waals surface area (Å²) in [6.07, 6.45) is 7.30. The van der Waals surface area contributed by atoms with Crippen molar-refractivity contribution >= 4 is 22.3 Å². The summed E-state index contributed by atoms with van der Waals surface area (Å²) in [5.41, 5.74) is 8.41. The number of H-pyrrole nitrogens is 1. The van der Waals surface area contributed by atoms with Gasteiger partial charge in [-0.05, 0) is 25.0 Å². The molecule has 0 aliphatic heterocycles. The molecule has 1 aromatic carbocycles. The molecule has 5 nitrogen and oxygen atoms in total. The molecule has 0 spiro atoms. The van der Waals surface area contributed by atoms with Crippen LogP contribution in [0.3, 0.4) is 0 Å². The van der Waals surface area contributed by atoms with Crippen molar-refractivity contribution in [3.8, 4) is 0 Å². The van der Waals surface area contributed by atoms with Gasteiger partial charge in [0.1, 0.15) is 0 Å². The minimum atomic E-state index is -0.222. The molecule has 1 fully saturated rings. The first-order chi connectivity index (χ1) is 9.22. The van der Waals surface area contributed by atoms with E-state index in [9.17, 15) is 5.11 Å². The highest BCUT2D eigenvalue weighted by Crippen LogP contribution is 2.34. The van der Waals surface area contributed by atoms with Gasteiger partial charge in [-0.3, -0.25) is 5.10 Å². The average Bonchev–Trinajstić information content (AvgIpc) is 2.87. The highest BCUT2D eigenvalue weighted by Gasteiger charge is 2.31. The van der Waals surface area contributed by atoms with Gasteiger partial charge in [-0.2, -0.15) is 5.10 Å². The largest absolute Gasteiger partial charge is 0.397 e.